The number of hydrogen-bond donors (Lipinski definition) is 1. The summed E-state index contributed by atoms with van der Waals surface area (Å²) in [4.78, 5) is 9.49. The average Bonchev–Trinajstić information content (AvgIpc) is 2.16. The van der Waals surface area contributed by atoms with Crippen LogP contribution in [0.25, 0.3) is 0 Å². The lowest BCUT2D eigenvalue weighted by Crippen LogP contribution is -2.10. The van der Waals surface area contributed by atoms with Crippen molar-refractivity contribution in [1.82, 2.24) is 0 Å². The molecule has 0 bridgehead atoms. The minimum Gasteiger partial charge on any atom is -0.496 e. The van der Waals surface area contributed by atoms with Crippen molar-refractivity contribution in [2.45, 2.75) is 6.23 Å². The van der Waals surface area contributed by atoms with E-state index in [1.165, 1.54) is 13.2 Å². The largest absolute Gasteiger partial charge is 0.496 e. The van der Waals surface area contributed by atoms with Crippen LogP contribution in [0.15, 0.2) is 24.3 Å². The van der Waals surface area contributed by atoms with Crippen LogP contribution in [-0.2, 0) is 0 Å². The summed E-state index contributed by atoms with van der Waals surface area (Å²) in [7, 11) is 1.39. The normalized spacial score (nSPS) is 12.2. The summed E-state index contributed by atoms with van der Waals surface area (Å²) in [5, 5.41) is 19.4. The number of methoxy groups -OCH3 is 1. The van der Waals surface area contributed by atoms with E-state index in [1.807, 2.05) is 0 Å². The fourth-order valence-corrected chi connectivity index (χ4v) is 0.993. The van der Waals surface area contributed by atoms with Gasteiger partial charge in [-0.3, -0.25) is 10.1 Å². The average molecular weight is 183 g/mol. The van der Waals surface area contributed by atoms with Crippen LogP contribution in [0.3, 0.4) is 0 Å². The van der Waals surface area contributed by atoms with E-state index in [2.05, 4.69) is 0 Å². The van der Waals surface area contributed by atoms with Crippen LogP contribution < -0.4 is 4.74 Å². The number of aliphatic hydroxyl groups is 1. The number of nitrogens with zero attached hydrogens (tertiary/aromatic N) is 1. The molecule has 0 aliphatic carbocycles. The van der Waals surface area contributed by atoms with Gasteiger partial charge in [-0.15, -0.1) is 0 Å². The van der Waals surface area contributed by atoms with E-state index in [9.17, 15) is 10.1 Å². The highest BCUT2D eigenvalue weighted by Gasteiger charge is 2.21. The van der Waals surface area contributed by atoms with Crippen molar-refractivity contribution in [3.05, 3.63) is 39.9 Å². The van der Waals surface area contributed by atoms with Gasteiger partial charge in [-0.2, -0.15) is 0 Å². The molecule has 1 atom stereocenters. The Balaban J connectivity index is 3.05. The van der Waals surface area contributed by atoms with Gasteiger partial charge < -0.3 is 9.84 Å². The second kappa shape index (κ2) is 3.86. The molecule has 0 aliphatic heterocycles. The molecule has 1 unspecified atom stereocenters. The van der Waals surface area contributed by atoms with Crippen molar-refractivity contribution in [1.29, 1.82) is 0 Å². The third-order valence-electron chi connectivity index (χ3n) is 1.62. The first kappa shape index (κ1) is 9.47. The van der Waals surface area contributed by atoms with Crippen molar-refractivity contribution in [2.75, 3.05) is 7.11 Å². The molecule has 1 rings (SSSR count). The maximum Gasteiger partial charge on any atom is 0.343 e. The smallest absolute Gasteiger partial charge is 0.343 e. The molecule has 13 heavy (non-hydrogen) atoms. The monoisotopic (exact) mass is 183 g/mol. The van der Waals surface area contributed by atoms with Crippen LogP contribution in [0.5, 0.6) is 5.75 Å². The number of para-hydroxylation sites is 1. The number of nitro groups is 1. The molecule has 0 saturated heterocycles. The third kappa shape index (κ3) is 1.94. The van der Waals surface area contributed by atoms with Gasteiger partial charge in [0.25, 0.3) is 0 Å². The zero-order valence-electron chi connectivity index (χ0n) is 7.01. The van der Waals surface area contributed by atoms with Crippen LogP contribution in [0.1, 0.15) is 11.8 Å². The topological polar surface area (TPSA) is 72.6 Å². The molecule has 1 N–H and O–H groups in total. The molecule has 5 nitrogen and oxygen atoms in total. The molecular formula is C8H9NO4. The number of aliphatic hydroxyl groups excluding tert-OH is 1. The molecule has 0 spiro atoms. The predicted octanol–water partition coefficient (Wildman–Crippen LogP) is 0.963. The third-order valence-corrected chi connectivity index (χ3v) is 1.62. The number of rotatable bonds is 3. The number of hydrogen-bond acceptors (Lipinski definition) is 4. The molecule has 0 amide bonds. The van der Waals surface area contributed by atoms with Gasteiger partial charge in [0.2, 0.25) is 0 Å². The standard InChI is InChI=1S/C8H9NO4/c1-13-7-5-3-2-4-6(7)8(10)9(11)12/h2-5,8,10H,1H3. The summed E-state index contributed by atoms with van der Waals surface area (Å²) >= 11 is 0. The van der Waals surface area contributed by atoms with E-state index in [4.69, 9.17) is 9.84 Å². The maximum atomic E-state index is 10.3. The highest BCUT2D eigenvalue weighted by molar-refractivity contribution is 5.33. The predicted molar refractivity (Wildman–Crippen MR) is 44.9 cm³/mol. The van der Waals surface area contributed by atoms with Gasteiger partial charge in [0.15, 0.2) is 0 Å². The maximum absolute atomic E-state index is 10.3. The first-order valence-corrected chi connectivity index (χ1v) is 3.61. The Labute approximate surface area is 74.7 Å². The molecule has 0 saturated carbocycles. The van der Waals surface area contributed by atoms with Crippen molar-refractivity contribution < 1.29 is 14.8 Å². The van der Waals surface area contributed by atoms with Gasteiger partial charge in [0.05, 0.1) is 17.6 Å². The SMILES string of the molecule is COc1ccccc1C(O)[N+](=O)[O-]. The van der Waals surface area contributed by atoms with Gasteiger partial charge in [-0.05, 0) is 12.1 Å². The van der Waals surface area contributed by atoms with Crippen molar-refractivity contribution in [3.8, 4) is 5.75 Å². The van der Waals surface area contributed by atoms with Crippen LogP contribution in [-0.4, -0.2) is 17.1 Å². The van der Waals surface area contributed by atoms with Gasteiger partial charge in [0.1, 0.15) is 5.75 Å². The van der Waals surface area contributed by atoms with Crippen LogP contribution in [0.4, 0.5) is 0 Å². The van der Waals surface area contributed by atoms with Crippen molar-refractivity contribution in [3.63, 3.8) is 0 Å². The summed E-state index contributed by atoms with van der Waals surface area (Å²) in [6.07, 6.45) is -1.73. The molecule has 0 heterocycles. The van der Waals surface area contributed by atoms with E-state index in [0.717, 1.165) is 0 Å². The quantitative estimate of drug-likeness (QED) is 0.430. The van der Waals surface area contributed by atoms with E-state index in [0.29, 0.717) is 5.75 Å². The molecule has 1 aromatic carbocycles. The summed E-state index contributed by atoms with van der Waals surface area (Å²) in [6, 6.07) is 6.29. The fourth-order valence-electron chi connectivity index (χ4n) is 0.993. The van der Waals surface area contributed by atoms with E-state index in [-0.39, 0.29) is 5.56 Å². The Morgan fingerprint density at radius 1 is 1.54 bits per heavy atom. The lowest BCUT2D eigenvalue weighted by atomic mass is 10.2. The Bertz CT molecular complexity index is 313. The minimum atomic E-state index is -1.73. The Morgan fingerprint density at radius 2 is 2.15 bits per heavy atom. The second-order valence-corrected chi connectivity index (χ2v) is 2.40. The van der Waals surface area contributed by atoms with E-state index in [1.54, 1.807) is 18.2 Å². The molecular weight excluding hydrogens is 174 g/mol. The van der Waals surface area contributed by atoms with Gasteiger partial charge in [-0.25, -0.2) is 0 Å². The molecule has 70 valence electrons. The van der Waals surface area contributed by atoms with E-state index >= 15 is 0 Å². The molecule has 0 aliphatic rings. The molecule has 5 heteroatoms. The van der Waals surface area contributed by atoms with E-state index < -0.39 is 11.2 Å². The lowest BCUT2D eigenvalue weighted by Gasteiger charge is -2.07. The Kier molecular flexibility index (Phi) is 2.81. The summed E-state index contributed by atoms with van der Waals surface area (Å²) in [5.41, 5.74) is 0.162. The molecule has 0 fully saturated rings. The number of ether oxygens (including phenoxy) is 1. The van der Waals surface area contributed by atoms with Crippen molar-refractivity contribution in [2.24, 2.45) is 0 Å². The Morgan fingerprint density at radius 3 is 2.69 bits per heavy atom. The molecule has 0 radical (unpaired) electrons. The highest BCUT2D eigenvalue weighted by Crippen LogP contribution is 2.24. The van der Waals surface area contributed by atoms with Gasteiger partial charge >= 0.3 is 6.23 Å². The van der Waals surface area contributed by atoms with Gasteiger partial charge in [-0.1, -0.05) is 12.1 Å². The Hall–Kier alpha value is -1.62. The minimum absolute atomic E-state index is 0.162. The van der Waals surface area contributed by atoms with Crippen molar-refractivity contribution >= 4 is 0 Å². The molecule has 0 aromatic heterocycles. The first-order chi connectivity index (χ1) is 6.16. The summed E-state index contributed by atoms with van der Waals surface area (Å²) in [5.74, 6) is 0.312. The zero-order valence-corrected chi connectivity index (χ0v) is 7.01. The zero-order chi connectivity index (χ0) is 9.84. The highest BCUT2D eigenvalue weighted by atomic mass is 16.7. The molecule has 1 aromatic rings. The van der Waals surface area contributed by atoms with Gasteiger partial charge in [0, 0.05) is 0 Å². The number of benzene rings is 1. The second-order valence-electron chi connectivity index (χ2n) is 2.40. The lowest BCUT2D eigenvalue weighted by molar-refractivity contribution is -0.578. The van der Waals surface area contributed by atoms with Crippen LogP contribution in [0, 0.1) is 10.1 Å². The summed E-state index contributed by atoms with van der Waals surface area (Å²) in [6.45, 7) is 0. The first-order valence-electron chi connectivity index (χ1n) is 3.61. The summed E-state index contributed by atoms with van der Waals surface area (Å²) < 4.78 is 4.85. The van der Waals surface area contributed by atoms with Crippen LogP contribution in [0.2, 0.25) is 0 Å². The fraction of sp³-hybridized carbons (Fsp3) is 0.250. The van der Waals surface area contributed by atoms with Crippen LogP contribution >= 0.6 is 0 Å².